The Morgan fingerprint density at radius 3 is 2.29 bits per heavy atom. The molecule has 0 bridgehead atoms. The number of nitro groups is 1. The first-order valence-electron chi connectivity index (χ1n) is 10.3. The third-order valence-corrected chi connectivity index (χ3v) is 5.54. The lowest BCUT2D eigenvalue weighted by atomic mass is 9.81. The molecule has 0 aliphatic carbocycles. The number of esters is 1. The lowest BCUT2D eigenvalue weighted by Crippen LogP contribution is -2.33. The number of carbonyl (C=O) groups is 1. The van der Waals surface area contributed by atoms with Gasteiger partial charge >= 0.3 is 12.1 Å². The zero-order valence-electron chi connectivity index (χ0n) is 18.7. The lowest BCUT2D eigenvalue weighted by molar-refractivity contribution is -0.431. The maximum atomic E-state index is 13.8. The number of alkyl halides is 3. The number of dihydropyridines is 1. The molecule has 0 radical (unpaired) electrons. The van der Waals surface area contributed by atoms with Crippen molar-refractivity contribution in [2.45, 2.75) is 32.0 Å². The Kier molecular flexibility index (Phi) is 7.41. The van der Waals surface area contributed by atoms with Gasteiger partial charge in [0.1, 0.15) is 18.6 Å². The third-order valence-electron chi connectivity index (χ3n) is 5.54. The van der Waals surface area contributed by atoms with Gasteiger partial charge in [-0.05, 0) is 31.0 Å². The van der Waals surface area contributed by atoms with Crippen LogP contribution in [0.1, 0.15) is 42.6 Å². The topological polar surface area (TPSA) is 90.7 Å². The number of rotatable bonds is 7. The van der Waals surface area contributed by atoms with Crippen LogP contribution in [0.15, 0.2) is 77.3 Å². The van der Waals surface area contributed by atoms with Gasteiger partial charge in [-0.15, -0.1) is 0 Å². The smallest absolute Gasteiger partial charge is 0.416 e. The largest absolute Gasteiger partial charge is 0.459 e. The first-order valence-corrected chi connectivity index (χ1v) is 10.3. The van der Waals surface area contributed by atoms with E-state index in [0.717, 1.165) is 17.7 Å². The summed E-state index contributed by atoms with van der Waals surface area (Å²) in [6.45, 7) is 2.61. The number of hydrogen-bond acceptors (Lipinski definition) is 6. The first-order chi connectivity index (χ1) is 16.1. The van der Waals surface area contributed by atoms with Crippen molar-refractivity contribution >= 4 is 5.97 Å². The van der Waals surface area contributed by atoms with E-state index in [1.807, 2.05) is 0 Å². The standard InChI is InChI=1S/C24H23F3N2O5/c1-14-20(23(30)34-13-19(33-3)16-9-5-4-6-10-16)21(22(29(31)32)15(2)28-14)17-11-7-8-12-18(17)24(25,26)27/h4-12,19,21,28H,13H2,1-3H3/t19-,21?/m0/s1. The monoisotopic (exact) mass is 476 g/mol. The highest BCUT2D eigenvalue weighted by atomic mass is 19.4. The number of allylic oxidation sites excluding steroid dienone is 3. The maximum absolute atomic E-state index is 13.8. The second-order valence-electron chi connectivity index (χ2n) is 7.68. The van der Waals surface area contributed by atoms with Crippen molar-refractivity contribution in [1.82, 2.24) is 5.32 Å². The minimum Gasteiger partial charge on any atom is -0.459 e. The second kappa shape index (κ2) is 10.1. The number of halogens is 3. The fourth-order valence-electron chi connectivity index (χ4n) is 4.00. The van der Waals surface area contributed by atoms with Crippen molar-refractivity contribution in [3.8, 4) is 0 Å². The molecule has 7 nitrogen and oxygen atoms in total. The molecule has 180 valence electrons. The van der Waals surface area contributed by atoms with Crippen molar-refractivity contribution in [3.63, 3.8) is 0 Å². The number of carbonyl (C=O) groups excluding carboxylic acids is 1. The SMILES string of the molecule is CO[C@@H](COC(=O)C1=C(C)NC(C)=C([N+](=O)[O-])C1c1ccccc1C(F)(F)F)c1ccccc1. The van der Waals surface area contributed by atoms with E-state index in [1.54, 1.807) is 30.3 Å². The zero-order valence-corrected chi connectivity index (χ0v) is 18.7. The molecule has 0 saturated carbocycles. The Morgan fingerprint density at radius 1 is 1.09 bits per heavy atom. The highest BCUT2D eigenvalue weighted by Gasteiger charge is 2.45. The molecular weight excluding hydrogens is 453 g/mol. The highest BCUT2D eigenvalue weighted by molar-refractivity contribution is 5.92. The molecule has 10 heteroatoms. The van der Waals surface area contributed by atoms with Crippen molar-refractivity contribution in [1.29, 1.82) is 0 Å². The normalized spacial score (nSPS) is 17.3. The van der Waals surface area contributed by atoms with E-state index in [2.05, 4.69) is 5.32 Å². The van der Waals surface area contributed by atoms with Gasteiger partial charge in [0.05, 0.1) is 21.8 Å². The average molecular weight is 476 g/mol. The molecule has 1 aliphatic rings. The van der Waals surface area contributed by atoms with Gasteiger partial charge in [0.2, 0.25) is 0 Å². The number of nitrogens with zero attached hydrogens (tertiary/aromatic N) is 1. The molecule has 1 unspecified atom stereocenters. The van der Waals surface area contributed by atoms with Crippen molar-refractivity contribution in [2.75, 3.05) is 13.7 Å². The molecule has 1 N–H and O–H groups in total. The first kappa shape index (κ1) is 25.0. The number of benzene rings is 2. The van der Waals surface area contributed by atoms with Crippen LogP contribution in [-0.4, -0.2) is 24.6 Å². The van der Waals surface area contributed by atoms with Crippen molar-refractivity contribution in [2.24, 2.45) is 0 Å². The van der Waals surface area contributed by atoms with Crippen LogP contribution in [-0.2, 0) is 20.4 Å². The van der Waals surface area contributed by atoms with E-state index in [0.29, 0.717) is 0 Å². The van der Waals surface area contributed by atoms with Gasteiger partial charge in [0.15, 0.2) is 0 Å². The molecule has 1 heterocycles. The summed E-state index contributed by atoms with van der Waals surface area (Å²) < 4.78 is 52.2. The van der Waals surface area contributed by atoms with Gasteiger partial charge in [-0.2, -0.15) is 13.2 Å². The number of nitrogens with one attached hydrogen (secondary N) is 1. The lowest BCUT2D eigenvalue weighted by Gasteiger charge is -2.28. The molecule has 0 saturated heterocycles. The predicted octanol–water partition coefficient (Wildman–Crippen LogP) is 5.11. The Hall–Kier alpha value is -3.66. The molecule has 2 atom stereocenters. The van der Waals surface area contributed by atoms with E-state index >= 15 is 0 Å². The Bertz CT molecular complexity index is 1140. The summed E-state index contributed by atoms with van der Waals surface area (Å²) in [6, 6.07) is 13.4. The summed E-state index contributed by atoms with van der Waals surface area (Å²) in [7, 11) is 1.43. The number of ether oxygens (including phenoxy) is 2. The summed E-state index contributed by atoms with van der Waals surface area (Å²) in [5, 5.41) is 14.7. The van der Waals surface area contributed by atoms with Crippen LogP contribution in [0.4, 0.5) is 13.2 Å². The van der Waals surface area contributed by atoms with E-state index in [-0.39, 0.29) is 23.6 Å². The van der Waals surface area contributed by atoms with Crippen LogP contribution in [0.3, 0.4) is 0 Å². The zero-order chi connectivity index (χ0) is 25.0. The van der Waals surface area contributed by atoms with Crippen molar-refractivity contribution < 1.29 is 32.4 Å². The molecule has 3 rings (SSSR count). The van der Waals surface area contributed by atoms with Crippen LogP contribution >= 0.6 is 0 Å². The van der Waals surface area contributed by atoms with E-state index in [1.165, 1.54) is 33.1 Å². The van der Waals surface area contributed by atoms with Gasteiger partial charge in [0, 0.05) is 12.8 Å². The van der Waals surface area contributed by atoms with Crippen LogP contribution in [0.5, 0.6) is 0 Å². The van der Waals surface area contributed by atoms with E-state index in [9.17, 15) is 28.1 Å². The summed E-state index contributed by atoms with van der Waals surface area (Å²) in [5.41, 5.74) is -1.35. The summed E-state index contributed by atoms with van der Waals surface area (Å²) in [5.74, 6) is -2.56. The molecular formula is C24H23F3N2O5. The fourth-order valence-corrected chi connectivity index (χ4v) is 4.00. The Morgan fingerprint density at radius 2 is 1.71 bits per heavy atom. The van der Waals surface area contributed by atoms with Crippen LogP contribution in [0.2, 0.25) is 0 Å². The second-order valence-corrected chi connectivity index (χ2v) is 7.68. The van der Waals surface area contributed by atoms with Crippen LogP contribution in [0.25, 0.3) is 0 Å². The number of methoxy groups -OCH3 is 1. The van der Waals surface area contributed by atoms with Gasteiger partial charge in [-0.1, -0.05) is 48.5 Å². The van der Waals surface area contributed by atoms with Crippen molar-refractivity contribution in [3.05, 3.63) is 104 Å². The third kappa shape index (κ3) is 5.12. The highest BCUT2D eigenvalue weighted by Crippen LogP contribution is 2.44. The molecule has 0 fully saturated rings. The van der Waals surface area contributed by atoms with Crippen LogP contribution < -0.4 is 5.32 Å². The summed E-state index contributed by atoms with van der Waals surface area (Å²) >= 11 is 0. The quantitative estimate of drug-likeness (QED) is 0.340. The van der Waals surface area contributed by atoms with Gasteiger partial charge in [0.25, 0.3) is 5.70 Å². The Labute approximate surface area is 194 Å². The number of hydrogen-bond donors (Lipinski definition) is 1. The van der Waals surface area contributed by atoms with E-state index < -0.39 is 45.9 Å². The average Bonchev–Trinajstić information content (AvgIpc) is 2.78. The minimum atomic E-state index is -4.78. The molecule has 1 aliphatic heterocycles. The van der Waals surface area contributed by atoms with E-state index in [4.69, 9.17) is 9.47 Å². The maximum Gasteiger partial charge on any atom is 0.416 e. The van der Waals surface area contributed by atoms with Gasteiger partial charge < -0.3 is 14.8 Å². The molecule has 0 aromatic heterocycles. The minimum absolute atomic E-state index is 0.0417. The Balaban J connectivity index is 2.03. The summed E-state index contributed by atoms with van der Waals surface area (Å²) in [6.07, 6.45) is -5.41. The molecule has 2 aromatic rings. The molecule has 0 amide bonds. The van der Waals surface area contributed by atoms with Gasteiger partial charge in [-0.25, -0.2) is 4.79 Å². The summed E-state index contributed by atoms with van der Waals surface area (Å²) in [4.78, 5) is 24.3. The fraction of sp³-hybridized carbons (Fsp3) is 0.292. The van der Waals surface area contributed by atoms with Crippen LogP contribution in [0, 0.1) is 10.1 Å². The predicted molar refractivity (Wildman–Crippen MR) is 117 cm³/mol. The molecule has 34 heavy (non-hydrogen) atoms. The molecule has 2 aromatic carbocycles. The van der Waals surface area contributed by atoms with Gasteiger partial charge in [-0.3, -0.25) is 10.1 Å². The molecule has 0 spiro atoms.